The molecule has 0 saturated carbocycles. The molecule has 1 fully saturated rings. The number of rotatable bonds is 7. The molecule has 172 valence electrons. The van der Waals surface area contributed by atoms with Gasteiger partial charge in [-0.1, -0.05) is 11.6 Å². The molecule has 3 rings (SSSR count). The zero-order chi connectivity index (χ0) is 23.3. The predicted octanol–water partition coefficient (Wildman–Crippen LogP) is 3.59. The van der Waals surface area contributed by atoms with E-state index in [0.717, 1.165) is 31.9 Å². The van der Waals surface area contributed by atoms with E-state index in [2.05, 4.69) is 29.0 Å². The first-order chi connectivity index (χ1) is 15.3. The van der Waals surface area contributed by atoms with Crippen LogP contribution in [0.3, 0.4) is 0 Å². The molecule has 2 aromatic carbocycles. The second-order valence-electron chi connectivity index (χ2n) is 8.22. The van der Waals surface area contributed by atoms with Crippen LogP contribution in [0.25, 0.3) is 0 Å². The molecular formula is C24H31ClN4O3. The Balaban J connectivity index is 1.56. The van der Waals surface area contributed by atoms with Crippen molar-refractivity contribution in [2.45, 2.75) is 19.9 Å². The highest BCUT2D eigenvalue weighted by Crippen LogP contribution is 2.27. The van der Waals surface area contributed by atoms with Crippen molar-refractivity contribution in [3.63, 3.8) is 0 Å². The number of carbonyl (C=O) groups is 2. The minimum absolute atomic E-state index is 0.0899. The SMILES string of the molecule is COc1ccc(Cl)cc1NC(=O)CN(C)C(=O)c1ccc(N2CCN(C(C)C)CC2)cc1. The van der Waals surface area contributed by atoms with E-state index in [1.165, 1.54) is 12.0 Å². The van der Waals surface area contributed by atoms with Gasteiger partial charge in [-0.25, -0.2) is 0 Å². The van der Waals surface area contributed by atoms with Crippen LogP contribution >= 0.6 is 11.6 Å². The highest BCUT2D eigenvalue weighted by Gasteiger charge is 2.20. The molecule has 1 aliphatic heterocycles. The second-order valence-corrected chi connectivity index (χ2v) is 8.65. The van der Waals surface area contributed by atoms with Crippen LogP contribution in [0.1, 0.15) is 24.2 Å². The molecule has 2 aromatic rings. The lowest BCUT2D eigenvalue weighted by Crippen LogP contribution is -2.48. The first kappa shape index (κ1) is 23.9. The Kier molecular flexibility index (Phi) is 7.99. The topological polar surface area (TPSA) is 65.1 Å². The van der Waals surface area contributed by atoms with Gasteiger partial charge in [0, 0.05) is 55.5 Å². The van der Waals surface area contributed by atoms with Gasteiger partial charge in [-0.05, 0) is 56.3 Å². The standard InChI is InChI=1S/C24H31ClN4O3/c1-17(2)28-11-13-29(14-12-28)20-8-5-18(6-9-20)24(31)27(3)16-23(30)26-21-15-19(25)7-10-22(21)32-4/h5-10,15,17H,11-14,16H2,1-4H3,(H,26,30). The molecule has 0 unspecified atom stereocenters. The van der Waals surface area contributed by atoms with E-state index in [1.807, 2.05) is 24.3 Å². The van der Waals surface area contributed by atoms with E-state index < -0.39 is 0 Å². The molecule has 2 amide bonds. The van der Waals surface area contributed by atoms with E-state index in [0.29, 0.717) is 28.1 Å². The van der Waals surface area contributed by atoms with Crippen LogP contribution in [0, 0.1) is 0 Å². The summed E-state index contributed by atoms with van der Waals surface area (Å²) >= 11 is 6.01. The number of piperazine rings is 1. The molecule has 0 spiro atoms. The number of hydrogen-bond acceptors (Lipinski definition) is 5. The Morgan fingerprint density at radius 1 is 1.09 bits per heavy atom. The van der Waals surface area contributed by atoms with Crippen LogP contribution < -0.4 is 15.0 Å². The quantitative estimate of drug-likeness (QED) is 0.686. The third-order valence-corrected chi connectivity index (χ3v) is 5.92. The van der Waals surface area contributed by atoms with Crippen molar-refractivity contribution in [3.8, 4) is 5.75 Å². The van der Waals surface area contributed by atoms with Gasteiger partial charge in [0.05, 0.1) is 19.3 Å². The third kappa shape index (κ3) is 5.93. The Labute approximate surface area is 194 Å². The van der Waals surface area contributed by atoms with Crippen molar-refractivity contribution in [1.29, 1.82) is 0 Å². The van der Waals surface area contributed by atoms with Gasteiger partial charge in [0.1, 0.15) is 5.75 Å². The molecule has 8 heteroatoms. The van der Waals surface area contributed by atoms with Crippen LogP contribution in [0.5, 0.6) is 5.75 Å². The summed E-state index contributed by atoms with van der Waals surface area (Å²) in [6.07, 6.45) is 0. The fraction of sp³-hybridized carbons (Fsp3) is 0.417. The van der Waals surface area contributed by atoms with Gasteiger partial charge in [-0.15, -0.1) is 0 Å². The van der Waals surface area contributed by atoms with Gasteiger partial charge in [0.2, 0.25) is 5.91 Å². The number of methoxy groups -OCH3 is 1. The highest BCUT2D eigenvalue weighted by molar-refractivity contribution is 6.31. The van der Waals surface area contributed by atoms with E-state index in [9.17, 15) is 9.59 Å². The summed E-state index contributed by atoms with van der Waals surface area (Å²) in [5.41, 5.74) is 2.12. The second kappa shape index (κ2) is 10.7. The van der Waals surface area contributed by atoms with Crippen molar-refractivity contribution in [2.75, 3.05) is 57.1 Å². The summed E-state index contributed by atoms with van der Waals surface area (Å²) in [6.45, 7) is 8.36. The lowest BCUT2D eigenvalue weighted by molar-refractivity contribution is -0.116. The number of halogens is 1. The number of carbonyl (C=O) groups excluding carboxylic acids is 2. The first-order valence-electron chi connectivity index (χ1n) is 10.8. The van der Waals surface area contributed by atoms with E-state index >= 15 is 0 Å². The van der Waals surface area contributed by atoms with Gasteiger partial charge >= 0.3 is 0 Å². The van der Waals surface area contributed by atoms with E-state index in [-0.39, 0.29) is 18.4 Å². The van der Waals surface area contributed by atoms with Crippen molar-refractivity contribution in [1.82, 2.24) is 9.80 Å². The first-order valence-corrected chi connectivity index (χ1v) is 11.1. The molecule has 0 aliphatic carbocycles. The maximum Gasteiger partial charge on any atom is 0.254 e. The van der Waals surface area contributed by atoms with Gasteiger partial charge in [-0.2, -0.15) is 0 Å². The summed E-state index contributed by atoms with van der Waals surface area (Å²) in [6, 6.07) is 13.1. The van der Waals surface area contributed by atoms with E-state index in [1.54, 1.807) is 25.2 Å². The number of hydrogen-bond donors (Lipinski definition) is 1. The number of amides is 2. The average Bonchev–Trinajstić information content (AvgIpc) is 2.79. The maximum atomic E-state index is 12.8. The summed E-state index contributed by atoms with van der Waals surface area (Å²) in [5, 5.41) is 3.23. The number of ether oxygens (including phenoxy) is 1. The van der Waals surface area contributed by atoms with Crippen molar-refractivity contribution in [3.05, 3.63) is 53.1 Å². The smallest absolute Gasteiger partial charge is 0.254 e. The minimum atomic E-state index is -0.332. The molecule has 7 nitrogen and oxygen atoms in total. The van der Waals surface area contributed by atoms with Gasteiger partial charge in [-0.3, -0.25) is 14.5 Å². The molecule has 0 bridgehead atoms. The molecule has 1 saturated heterocycles. The Bertz CT molecular complexity index is 941. The van der Waals surface area contributed by atoms with Crippen LogP contribution in [0.2, 0.25) is 5.02 Å². The molecule has 0 radical (unpaired) electrons. The lowest BCUT2D eigenvalue weighted by Gasteiger charge is -2.38. The maximum absolute atomic E-state index is 12.8. The van der Waals surface area contributed by atoms with Crippen LogP contribution in [0.4, 0.5) is 11.4 Å². The molecule has 0 aromatic heterocycles. The normalized spacial score (nSPS) is 14.4. The molecular weight excluding hydrogens is 428 g/mol. The summed E-state index contributed by atoms with van der Waals surface area (Å²) in [4.78, 5) is 31.4. The van der Waals surface area contributed by atoms with E-state index in [4.69, 9.17) is 16.3 Å². The fourth-order valence-corrected chi connectivity index (χ4v) is 3.96. The number of likely N-dealkylation sites (N-methyl/N-ethyl adjacent to an activating group) is 1. The zero-order valence-electron chi connectivity index (χ0n) is 19.1. The van der Waals surface area contributed by atoms with Crippen molar-refractivity contribution >= 4 is 34.8 Å². The number of nitrogens with one attached hydrogen (secondary N) is 1. The molecule has 1 heterocycles. The Hall–Kier alpha value is -2.77. The van der Waals surface area contributed by atoms with Crippen LogP contribution in [0.15, 0.2) is 42.5 Å². The average molecular weight is 459 g/mol. The highest BCUT2D eigenvalue weighted by atomic mass is 35.5. The number of anilines is 2. The van der Waals surface area contributed by atoms with Crippen LogP contribution in [-0.4, -0.2) is 74.5 Å². The van der Waals surface area contributed by atoms with Crippen molar-refractivity contribution in [2.24, 2.45) is 0 Å². The summed E-state index contributed by atoms with van der Waals surface area (Å²) in [5.74, 6) is -0.0445. The Morgan fingerprint density at radius 3 is 2.34 bits per heavy atom. The predicted molar refractivity (Wildman–Crippen MR) is 129 cm³/mol. The summed E-state index contributed by atoms with van der Waals surface area (Å²) < 4.78 is 5.24. The monoisotopic (exact) mass is 458 g/mol. The Morgan fingerprint density at radius 2 is 1.75 bits per heavy atom. The van der Waals surface area contributed by atoms with Gasteiger partial charge in [0.15, 0.2) is 0 Å². The van der Waals surface area contributed by atoms with Crippen LogP contribution in [-0.2, 0) is 4.79 Å². The minimum Gasteiger partial charge on any atom is -0.495 e. The number of benzene rings is 2. The van der Waals surface area contributed by atoms with Gasteiger partial charge < -0.3 is 19.9 Å². The molecule has 0 atom stereocenters. The summed E-state index contributed by atoms with van der Waals surface area (Å²) in [7, 11) is 3.12. The zero-order valence-corrected chi connectivity index (χ0v) is 19.9. The number of nitrogens with zero attached hydrogens (tertiary/aromatic N) is 3. The van der Waals surface area contributed by atoms with Gasteiger partial charge in [0.25, 0.3) is 5.91 Å². The largest absolute Gasteiger partial charge is 0.495 e. The molecule has 1 N–H and O–H groups in total. The lowest BCUT2D eigenvalue weighted by atomic mass is 10.1. The van der Waals surface area contributed by atoms with Crippen molar-refractivity contribution < 1.29 is 14.3 Å². The third-order valence-electron chi connectivity index (χ3n) is 5.69. The molecule has 1 aliphatic rings. The fourth-order valence-electron chi connectivity index (χ4n) is 3.79. The molecule has 32 heavy (non-hydrogen) atoms.